The van der Waals surface area contributed by atoms with Crippen molar-refractivity contribution in [1.82, 2.24) is 18.9 Å². The molecule has 0 aliphatic carbocycles. The van der Waals surface area contributed by atoms with Crippen molar-refractivity contribution in [2.24, 2.45) is 14.1 Å². The molecular weight excluding hydrogens is 466 g/mol. The van der Waals surface area contributed by atoms with Gasteiger partial charge in [0.1, 0.15) is 28.4 Å². The molecule has 2 aromatic heterocycles. The molecule has 0 unspecified atom stereocenters. The number of para-hydroxylation sites is 1. The summed E-state index contributed by atoms with van der Waals surface area (Å²) in [5.41, 5.74) is 5.63. The Hall–Kier alpha value is -4.93. The number of rotatable bonds is 7. The summed E-state index contributed by atoms with van der Waals surface area (Å²) in [4.78, 5) is 50.3. The third-order valence-electron chi connectivity index (χ3n) is 5.64. The number of nitrogens with two attached hydrogens (primary N) is 1. The van der Waals surface area contributed by atoms with Gasteiger partial charge < -0.3 is 15.2 Å². The molecule has 0 atom stereocenters. The lowest BCUT2D eigenvalue weighted by molar-refractivity contribution is 0.0475. The van der Waals surface area contributed by atoms with E-state index in [9.17, 15) is 19.2 Å². The molecule has 2 heterocycles. The van der Waals surface area contributed by atoms with Gasteiger partial charge in [-0.25, -0.2) is 14.3 Å². The summed E-state index contributed by atoms with van der Waals surface area (Å²) in [6.45, 7) is -0.755. The van der Waals surface area contributed by atoms with Gasteiger partial charge in [-0.3, -0.25) is 18.7 Å². The minimum absolute atomic E-state index is 0.109. The number of esters is 1. The molecule has 4 aromatic rings. The second-order valence-corrected chi connectivity index (χ2v) is 7.87. The van der Waals surface area contributed by atoms with Gasteiger partial charge in [0.25, 0.3) is 5.56 Å². The minimum atomic E-state index is -0.868. The monoisotopic (exact) mass is 489 g/mol. The number of methoxy groups -OCH3 is 1. The number of benzene rings is 2. The summed E-state index contributed by atoms with van der Waals surface area (Å²) in [5.74, 6) is -1.33. The van der Waals surface area contributed by atoms with Crippen molar-refractivity contribution in [2.75, 3.05) is 19.5 Å². The van der Waals surface area contributed by atoms with Gasteiger partial charge in [-0.1, -0.05) is 18.2 Å². The predicted octanol–water partition coefficient (Wildman–Crippen LogP) is 1.57. The van der Waals surface area contributed by atoms with Crippen LogP contribution in [0.4, 0.5) is 5.82 Å². The zero-order valence-electron chi connectivity index (χ0n) is 19.8. The quantitative estimate of drug-likeness (QED) is 0.305. The molecule has 11 nitrogen and oxygen atoms in total. The molecule has 0 aliphatic heterocycles. The maximum absolute atomic E-state index is 13.1. The summed E-state index contributed by atoms with van der Waals surface area (Å²) >= 11 is 0. The number of hydrogen-bond donors (Lipinski definition) is 1. The van der Waals surface area contributed by atoms with Gasteiger partial charge in [0.05, 0.1) is 12.8 Å². The van der Waals surface area contributed by atoms with Crippen molar-refractivity contribution in [3.8, 4) is 22.7 Å². The number of anilines is 1. The number of nitrogen functional groups attached to an aromatic ring is 1. The van der Waals surface area contributed by atoms with Gasteiger partial charge in [-0.15, -0.1) is 0 Å². The largest absolute Gasteiger partial charge is 0.497 e. The predicted molar refractivity (Wildman–Crippen MR) is 132 cm³/mol. The van der Waals surface area contributed by atoms with E-state index in [1.54, 1.807) is 31.4 Å². The third-order valence-corrected chi connectivity index (χ3v) is 5.64. The van der Waals surface area contributed by atoms with E-state index in [4.69, 9.17) is 15.2 Å². The highest BCUT2D eigenvalue weighted by Crippen LogP contribution is 2.26. The van der Waals surface area contributed by atoms with Gasteiger partial charge in [0, 0.05) is 25.9 Å². The standard InChI is InChI=1S/C25H23N5O6/c1-28-22(26)20(23(32)29(2)25(28)34)19(31)14-36-24(33)18-13-30(16-7-5-4-6-8-16)27-21(18)15-9-11-17(35-3)12-10-15/h4-13H,14,26H2,1-3H3. The summed E-state index contributed by atoms with van der Waals surface area (Å²) in [6.07, 6.45) is 1.50. The first-order valence-corrected chi connectivity index (χ1v) is 10.8. The molecule has 0 saturated carbocycles. The molecule has 0 spiro atoms. The summed E-state index contributed by atoms with van der Waals surface area (Å²) in [6, 6.07) is 16.1. The van der Waals surface area contributed by atoms with Crippen LogP contribution < -0.4 is 21.7 Å². The van der Waals surface area contributed by atoms with Crippen LogP contribution in [0.5, 0.6) is 5.75 Å². The van der Waals surface area contributed by atoms with E-state index in [0.717, 1.165) is 9.13 Å². The van der Waals surface area contributed by atoms with Crippen LogP contribution in [0.25, 0.3) is 16.9 Å². The Morgan fingerprint density at radius 1 is 0.972 bits per heavy atom. The van der Waals surface area contributed by atoms with Crippen molar-refractivity contribution < 1.29 is 19.1 Å². The summed E-state index contributed by atoms with van der Waals surface area (Å²) in [5, 5.41) is 4.55. The molecule has 0 bridgehead atoms. The highest BCUT2D eigenvalue weighted by molar-refractivity contribution is 6.03. The van der Waals surface area contributed by atoms with E-state index < -0.39 is 35.2 Å². The first kappa shape index (κ1) is 24.2. The van der Waals surface area contributed by atoms with E-state index in [2.05, 4.69) is 5.10 Å². The van der Waals surface area contributed by atoms with Crippen LogP contribution in [0.3, 0.4) is 0 Å². The first-order valence-electron chi connectivity index (χ1n) is 10.8. The Kier molecular flexibility index (Phi) is 6.55. The molecule has 184 valence electrons. The van der Waals surface area contributed by atoms with Crippen LogP contribution in [0.1, 0.15) is 20.7 Å². The summed E-state index contributed by atoms with van der Waals surface area (Å²) in [7, 11) is 4.11. The maximum atomic E-state index is 13.1. The van der Waals surface area contributed by atoms with Gasteiger partial charge in [0.15, 0.2) is 6.61 Å². The van der Waals surface area contributed by atoms with Gasteiger partial charge >= 0.3 is 11.7 Å². The van der Waals surface area contributed by atoms with Crippen molar-refractivity contribution >= 4 is 17.6 Å². The molecule has 2 N–H and O–H groups in total. The number of carbonyl (C=O) groups is 2. The highest BCUT2D eigenvalue weighted by Gasteiger charge is 2.24. The molecule has 2 aromatic carbocycles. The molecule has 4 rings (SSSR count). The van der Waals surface area contributed by atoms with Crippen LogP contribution in [-0.4, -0.2) is 44.4 Å². The SMILES string of the molecule is COc1ccc(-c2nn(-c3ccccc3)cc2C(=O)OCC(=O)c2c(N)n(C)c(=O)n(C)c2=O)cc1. The molecule has 36 heavy (non-hydrogen) atoms. The third kappa shape index (κ3) is 4.41. The van der Waals surface area contributed by atoms with Crippen molar-refractivity contribution in [3.63, 3.8) is 0 Å². The molecule has 0 radical (unpaired) electrons. The van der Waals surface area contributed by atoms with Crippen LogP contribution in [0.2, 0.25) is 0 Å². The van der Waals surface area contributed by atoms with E-state index in [1.165, 1.54) is 25.0 Å². The Balaban J connectivity index is 1.66. The van der Waals surface area contributed by atoms with Crippen molar-refractivity contribution in [2.45, 2.75) is 0 Å². The molecule has 0 saturated heterocycles. The topological polar surface area (TPSA) is 140 Å². The van der Waals surface area contributed by atoms with Gasteiger partial charge in [-0.2, -0.15) is 5.10 Å². The minimum Gasteiger partial charge on any atom is -0.497 e. The number of ketones is 1. The zero-order chi connectivity index (χ0) is 26.0. The fourth-order valence-electron chi connectivity index (χ4n) is 3.60. The van der Waals surface area contributed by atoms with Crippen molar-refractivity contribution in [3.05, 3.63) is 92.8 Å². The maximum Gasteiger partial charge on any atom is 0.342 e. The average Bonchev–Trinajstić information content (AvgIpc) is 3.36. The Morgan fingerprint density at radius 2 is 1.64 bits per heavy atom. The van der Waals surface area contributed by atoms with Crippen LogP contribution in [0, 0.1) is 0 Å². The second kappa shape index (κ2) is 9.74. The number of aromatic nitrogens is 4. The number of nitrogens with zero attached hydrogens (tertiary/aromatic N) is 4. The van der Waals surface area contributed by atoms with Crippen molar-refractivity contribution in [1.29, 1.82) is 0 Å². The zero-order valence-corrected chi connectivity index (χ0v) is 19.8. The summed E-state index contributed by atoms with van der Waals surface area (Å²) < 4.78 is 13.7. The molecule has 0 aliphatic rings. The van der Waals surface area contributed by atoms with E-state index in [1.807, 2.05) is 30.3 Å². The molecule has 0 amide bonds. The fourth-order valence-corrected chi connectivity index (χ4v) is 3.60. The van der Waals surface area contributed by atoms with E-state index in [-0.39, 0.29) is 11.4 Å². The number of Topliss-reactive ketones (excluding diaryl/α,β-unsaturated/α-hetero) is 1. The van der Waals surface area contributed by atoms with E-state index in [0.29, 0.717) is 22.7 Å². The smallest absolute Gasteiger partial charge is 0.342 e. The molecule has 0 fully saturated rings. The lowest BCUT2D eigenvalue weighted by Crippen LogP contribution is -2.42. The number of hydrogen-bond acceptors (Lipinski definition) is 8. The normalized spacial score (nSPS) is 10.8. The Labute approximate surface area is 204 Å². The average molecular weight is 489 g/mol. The first-order chi connectivity index (χ1) is 17.2. The fraction of sp³-hybridized carbons (Fsp3) is 0.160. The van der Waals surface area contributed by atoms with Crippen LogP contribution >= 0.6 is 0 Å². The molecular formula is C25H23N5O6. The lowest BCUT2D eigenvalue weighted by atomic mass is 10.1. The lowest BCUT2D eigenvalue weighted by Gasteiger charge is -2.11. The van der Waals surface area contributed by atoms with Crippen LogP contribution in [0.15, 0.2) is 70.4 Å². The van der Waals surface area contributed by atoms with Gasteiger partial charge in [0.2, 0.25) is 5.78 Å². The number of carbonyl (C=O) groups excluding carboxylic acids is 2. The number of ether oxygens (including phenoxy) is 2. The second-order valence-electron chi connectivity index (χ2n) is 7.87. The Bertz CT molecular complexity index is 1570. The van der Waals surface area contributed by atoms with Gasteiger partial charge in [-0.05, 0) is 36.4 Å². The highest BCUT2D eigenvalue weighted by atomic mass is 16.5. The Morgan fingerprint density at radius 3 is 2.28 bits per heavy atom. The molecule has 11 heteroatoms. The van der Waals surface area contributed by atoms with E-state index >= 15 is 0 Å². The van der Waals surface area contributed by atoms with Crippen LogP contribution in [-0.2, 0) is 18.8 Å².